The van der Waals surface area contributed by atoms with E-state index in [1.807, 2.05) is 0 Å². The third-order valence-corrected chi connectivity index (χ3v) is 17.9. The van der Waals surface area contributed by atoms with Crippen LogP contribution in [0.25, 0.3) is 0 Å². The lowest BCUT2D eigenvalue weighted by atomic mass is 9.96. The molecule has 0 radical (unpaired) electrons. The van der Waals surface area contributed by atoms with Crippen LogP contribution < -0.4 is 5.32 Å². The molecule has 0 bridgehead atoms. The molecule has 0 aliphatic carbocycles. The largest absolute Gasteiger partial charge is 0.394 e. The van der Waals surface area contributed by atoms with Crippen LogP contribution in [0.15, 0.2) is 48.6 Å². The maximum absolute atomic E-state index is 13.4. The lowest BCUT2D eigenvalue weighted by molar-refractivity contribution is -0.379. The Kier molecular flexibility index (Phi) is 48.2. The standard InChI is InChI=1S/C71H129NO18/c1-3-5-7-9-11-13-15-17-18-19-20-21-22-23-24-25-26-27-28-29-30-31-32-33-34-35-36-37-39-41-43-45-47-49-59(77)72-54(55(76)48-46-44-42-40-38-16-14-12-10-8-6-4-2)53-85-69-65(83)62(80)67(57(51-74)87-69)90-71-66(84)63(81)68(58(52-75)88-71)89-70-64(82)61(79)60(78)56(50-73)86-70/h5,7,11,13,17-18,20-21,54-58,60-71,73-76,78-84H,3-4,6,8-10,12,14-16,19,22-53H2,1-2H3,(H,72,77)/b7-5-,13-11-,18-17-,21-20-. The number of allylic oxidation sites excluding steroid dienone is 8. The Hall–Kier alpha value is -2.25. The Labute approximate surface area is 542 Å². The Morgan fingerprint density at radius 2 is 0.767 bits per heavy atom. The maximum Gasteiger partial charge on any atom is 0.220 e. The molecule has 0 aromatic carbocycles. The third-order valence-electron chi connectivity index (χ3n) is 17.9. The van der Waals surface area contributed by atoms with Gasteiger partial charge >= 0.3 is 0 Å². The highest BCUT2D eigenvalue weighted by Gasteiger charge is 2.53. The number of aliphatic hydroxyl groups is 11. The number of ether oxygens (including phenoxy) is 6. The molecule has 3 aliphatic rings. The van der Waals surface area contributed by atoms with Gasteiger partial charge in [0.25, 0.3) is 0 Å². The van der Waals surface area contributed by atoms with Crippen molar-refractivity contribution in [2.75, 3.05) is 26.4 Å². The van der Waals surface area contributed by atoms with Crippen LogP contribution >= 0.6 is 0 Å². The van der Waals surface area contributed by atoms with E-state index in [4.69, 9.17) is 28.4 Å². The number of nitrogens with one attached hydrogen (secondary N) is 1. The van der Waals surface area contributed by atoms with E-state index in [0.717, 1.165) is 70.6 Å². The van der Waals surface area contributed by atoms with Crippen molar-refractivity contribution in [2.45, 2.75) is 369 Å². The first-order valence-corrected chi connectivity index (χ1v) is 35.9. The molecule has 1 amide bonds. The van der Waals surface area contributed by atoms with Gasteiger partial charge in [-0.15, -0.1) is 0 Å². The van der Waals surface area contributed by atoms with Crippen LogP contribution in [-0.4, -0.2) is 193 Å². The van der Waals surface area contributed by atoms with Gasteiger partial charge in [0.15, 0.2) is 18.9 Å². The lowest BCUT2D eigenvalue weighted by Gasteiger charge is -2.48. The average molecular weight is 1280 g/mol. The topological polar surface area (TPSA) is 307 Å². The molecule has 3 rings (SSSR count). The van der Waals surface area contributed by atoms with Gasteiger partial charge < -0.3 is 89.9 Å². The van der Waals surface area contributed by atoms with Crippen LogP contribution in [0.3, 0.4) is 0 Å². The summed E-state index contributed by atoms with van der Waals surface area (Å²) in [5.74, 6) is -0.241. The number of aliphatic hydroxyl groups excluding tert-OH is 11. The van der Waals surface area contributed by atoms with Crippen LogP contribution in [0.1, 0.15) is 264 Å². The summed E-state index contributed by atoms with van der Waals surface area (Å²) in [4.78, 5) is 13.4. The first-order valence-electron chi connectivity index (χ1n) is 35.9. The van der Waals surface area contributed by atoms with E-state index in [-0.39, 0.29) is 18.9 Å². The van der Waals surface area contributed by atoms with Crippen molar-refractivity contribution in [3.8, 4) is 0 Å². The molecule has 17 atom stereocenters. The number of carbonyl (C=O) groups is 1. The second-order valence-electron chi connectivity index (χ2n) is 25.7. The van der Waals surface area contributed by atoms with Crippen molar-refractivity contribution in [3.05, 3.63) is 48.6 Å². The molecule has 90 heavy (non-hydrogen) atoms. The Morgan fingerprint density at radius 3 is 1.20 bits per heavy atom. The number of amides is 1. The van der Waals surface area contributed by atoms with Gasteiger partial charge in [-0.3, -0.25) is 4.79 Å². The van der Waals surface area contributed by atoms with Crippen molar-refractivity contribution in [3.63, 3.8) is 0 Å². The zero-order valence-electron chi connectivity index (χ0n) is 55.6. The van der Waals surface area contributed by atoms with Crippen molar-refractivity contribution in [1.29, 1.82) is 0 Å². The summed E-state index contributed by atoms with van der Waals surface area (Å²) in [6.07, 6.45) is 36.4. The minimum Gasteiger partial charge on any atom is -0.394 e. The fourth-order valence-electron chi connectivity index (χ4n) is 12.1. The highest BCUT2D eigenvalue weighted by atomic mass is 16.8. The second-order valence-corrected chi connectivity index (χ2v) is 25.7. The fraction of sp³-hybridized carbons (Fsp3) is 0.873. The molecule has 0 spiro atoms. The number of carbonyl (C=O) groups excluding carboxylic acids is 1. The molecule has 526 valence electrons. The van der Waals surface area contributed by atoms with Crippen molar-refractivity contribution >= 4 is 5.91 Å². The Morgan fingerprint density at radius 1 is 0.411 bits per heavy atom. The molecule has 3 heterocycles. The van der Waals surface area contributed by atoms with E-state index in [0.29, 0.717) is 12.8 Å². The van der Waals surface area contributed by atoms with Gasteiger partial charge in [0, 0.05) is 6.42 Å². The maximum atomic E-state index is 13.4. The molecule has 0 aromatic rings. The molecular weight excluding hydrogens is 1150 g/mol. The summed E-state index contributed by atoms with van der Waals surface area (Å²) < 4.78 is 34.4. The summed E-state index contributed by atoms with van der Waals surface area (Å²) in [5.41, 5.74) is 0. The predicted octanol–water partition coefficient (Wildman–Crippen LogP) is 9.78. The summed E-state index contributed by atoms with van der Waals surface area (Å²) in [5, 5.41) is 121. The number of hydrogen-bond donors (Lipinski definition) is 12. The Bertz CT molecular complexity index is 1820. The molecule has 0 saturated carbocycles. The molecule has 12 N–H and O–H groups in total. The van der Waals surface area contributed by atoms with Gasteiger partial charge in [-0.1, -0.05) is 255 Å². The first-order chi connectivity index (χ1) is 43.8. The van der Waals surface area contributed by atoms with E-state index in [9.17, 15) is 61.0 Å². The minimum absolute atomic E-state index is 0.241. The fourth-order valence-corrected chi connectivity index (χ4v) is 12.1. The van der Waals surface area contributed by atoms with Gasteiger partial charge in [-0.05, 0) is 51.4 Å². The lowest BCUT2D eigenvalue weighted by Crippen LogP contribution is -2.66. The predicted molar refractivity (Wildman–Crippen MR) is 351 cm³/mol. The van der Waals surface area contributed by atoms with Crippen LogP contribution in [0.5, 0.6) is 0 Å². The van der Waals surface area contributed by atoms with Crippen molar-refractivity contribution in [1.82, 2.24) is 5.32 Å². The van der Waals surface area contributed by atoms with Crippen LogP contribution in [0.2, 0.25) is 0 Å². The van der Waals surface area contributed by atoms with Gasteiger partial charge in [-0.25, -0.2) is 0 Å². The minimum atomic E-state index is -1.97. The number of rotatable bonds is 55. The molecule has 19 heteroatoms. The van der Waals surface area contributed by atoms with Crippen molar-refractivity contribution in [2.24, 2.45) is 0 Å². The zero-order chi connectivity index (χ0) is 65.4. The SMILES string of the molecule is CC/C=C\C/C=C\C/C=C\C/C=C\CCCCCCCCCCCCCCCCCCCCCCC(=O)NC(COC1OC(CO)C(OC2OC(CO)C(OC3OC(CO)C(O)C(O)C3O)C(O)C2O)C(O)C1O)C(O)CCCCCCCCCCCCCC. The third kappa shape index (κ3) is 34.4. The molecule has 3 aliphatic heterocycles. The zero-order valence-corrected chi connectivity index (χ0v) is 55.6. The number of hydrogen-bond acceptors (Lipinski definition) is 18. The summed E-state index contributed by atoms with van der Waals surface area (Å²) in [7, 11) is 0. The van der Waals surface area contributed by atoms with Crippen LogP contribution in [0, 0.1) is 0 Å². The molecule has 3 saturated heterocycles. The Balaban J connectivity index is 1.33. The van der Waals surface area contributed by atoms with Gasteiger partial charge in [0.1, 0.15) is 73.2 Å². The normalized spacial score (nSPS) is 28.3. The highest BCUT2D eigenvalue weighted by molar-refractivity contribution is 5.76. The molecule has 0 aromatic heterocycles. The highest BCUT2D eigenvalue weighted by Crippen LogP contribution is 2.33. The molecule has 3 fully saturated rings. The molecule has 19 nitrogen and oxygen atoms in total. The van der Waals surface area contributed by atoms with Gasteiger partial charge in [0.05, 0.1) is 38.6 Å². The van der Waals surface area contributed by atoms with E-state index < -0.39 is 124 Å². The van der Waals surface area contributed by atoms with E-state index in [1.165, 1.54) is 161 Å². The second kappa shape index (κ2) is 53.0. The average Bonchev–Trinajstić information content (AvgIpc) is 0.864. The summed E-state index contributed by atoms with van der Waals surface area (Å²) in [6, 6.07) is -0.885. The van der Waals surface area contributed by atoms with Gasteiger partial charge in [-0.2, -0.15) is 0 Å². The monoisotopic (exact) mass is 1280 g/mol. The molecule has 17 unspecified atom stereocenters. The first kappa shape index (κ1) is 82.0. The summed E-state index contributed by atoms with van der Waals surface area (Å²) in [6.45, 7) is 1.69. The number of unbranched alkanes of at least 4 members (excludes halogenated alkanes) is 31. The molecular formula is C71H129NO18. The quantitative estimate of drug-likeness (QED) is 0.0199. The smallest absolute Gasteiger partial charge is 0.220 e. The van der Waals surface area contributed by atoms with Crippen LogP contribution in [0.4, 0.5) is 0 Å². The summed E-state index contributed by atoms with van der Waals surface area (Å²) >= 11 is 0. The van der Waals surface area contributed by atoms with E-state index in [1.54, 1.807) is 0 Å². The van der Waals surface area contributed by atoms with Crippen LogP contribution in [-0.2, 0) is 33.2 Å². The van der Waals surface area contributed by atoms with Crippen molar-refractivity contribution < 1.29 is 89.4 Å². The van der Waals surface area contributed by atoms with E-state index >= 15 is 0 Å². The van der Waals surface area contributed by atoms with Gasteiger partial charge in [0.2, 0.25) is 5.91 Å². The van der Waals surface area contributed by atoms with E-state index in [2.05, 4.69) is 67.8 Å².